The SMILES string of the molecule is C=CCCC(CCCCCC)CCCCCCCC. The van der Waals surface area contributed by atoms with Crippen LogP contribution in [0.3, 0.4) is 0 Å². The van der Waals surface area contributed by atoms with Gasteiger partial charge < -0.3 is 0 Å². The maximum absolute atomic E-state index is 3.87. The van der Waals surface area contributed by atoms with Crippen LogP contribution in [-0.4, -0.2) is 0 Å². The summed E-state index contributed by atoms with van der Waals surface area (Å²) < 4.78 is 0. The van der Waals surface area contributed by atoms with Gasteiger partial charge in [-0.2, -0.15) is 0 Å². The Bertz CT molecular complexity index is 171. The monoisotopic (exact) mass is 266 g/mol. The molecule has 0 aromatic heterocycles. The third-order valence-corrected chi connectivity index (χ3v) is 4.21. The average molecular weight is 267 g/mol. The third kappa shape index (κ3) is 14.0. The summed E-state index contributed by atoms with van der Waals surface area (Å²) in [6.07, 6.45) is 21.9. The summed E-state index contributed by atoms with van der Waals surface area (Å²) in [5.74, 6) is 0.973. The lowest BCUT2D eigenvalue weighted by Gasteiger charge is -2.16. The minimum absolute atomic E-state index is 0.973. The fraction of sp³-hybridized carbons (Fsp3) is 0.895. The molecule has 0 heterocycles. The van der Waals surface area contributed by atoms with Crippen LogP contribution < -0.4 is 0 Å². The van der Waals surface area contributed by atoms with Crippen molar-refractivity contribution in [2.45, 2.75) is 104 Å². The molecule has 0 radical (unpaired) electrons. The van der Waals surface area contributed by atoms with Crippen LogP contribution in [0.25, 0.3) is 0 Å². The van der Waals surface area contributed by atoms with Gasteiger partial charge in [-0.3, -0.25) is 0 Å². The Morgan fingerprint density at radius 2 is 1.16 bits per heavy atom. The van der Waals surface area contributed by atoms with Crippen LogP contribution in [0.5, 0.6) is 0 Å². The predicted molar refractivity (Wildman–Crippen MR) is 89.7 cm³/mol. The topological polar surface area (TPSA) is 0 Å². The van der Waals surface area contributed by atoms with Crippen molar-refractivity contribution in [2.24, 2.45) is 5.92 Å². The van der Waals surface area contributed by atoms with E-state index in [1.54, 1.807) is 0 Å². The molecule has 19 heavy (non-hydrogen) atoms. The van der Waals surface area contributed by atoms with Crippen molar-refractivity contribution >= 4 is 0 Å². The fourth-order valence-electron chi connectivity index (χ4n) is 2.86. The molecule has 0 bridgehead atoms. The Morgan fingerprint density at radius 3 is 1.68 bits per heavy atom. The molecule has 1 unspecified atom stereocenters. The molecule has 0 aliphatic carbocycles. The van der Waals surface area contributed by atoms with Crippen LogP contribution >= 0.6 is 0 Å². The molecule has 0 nitrogen and oxygen atoms in total. The molecule has 0 aromatic rings. The lowest BCUT2D eigenvalue weighted by molar-refractivity contribution is 0.384. The predicted octanol–water partition coefficient (Wildman–Crippen LogP) is 7.29. The molecule has 0 rings (SSSR count). The van der Waals surface area contributed by atoms with Gasteiger partial charge in [0.05, 0.1) is 0 Å². The number of allylic oxidation sites excluding steroid dienone is 1. The van der Waals surface area contributed by atoms with Crippen LogP contribution in [0.1, 0.15) is 104 Å². The molecule has 114 valence electrons. The zero-order chi connectivity index (χ0) is 14.2. The normalized spacial score (nSPS) is 12.5. The minimum atomic E-state index is 0.973. The largest absolute Gasteiger partial charge is 0.103 e. The lowest BCUT2D eigenvalue weighted by Crippen LogP contribution is -2.01. The standard InChI is InChI=1S/C19H38/c1-4-7-10-12-13-15-18-19(16-9-6-3)17-14-11-8-5-2/h6,19H,3-5,7-18H2,1-2H3. The highest BCUT2D eigenvalue weighted by molar-refractivity contribution is 4.70. The summed E-state index contributed by atoms with van der Waals surface area (Å²) in [6.45, 7) is 8.46. The quantitative estimate of drug-likeness (QED) is 0.216. The van der Waals surface area contributed by atoms with Gasteiger partial charge in [0.2, 0.25) is 0 Å². The average Bonchev–Trinajstić information content (AvgIpc) is 2.43. The molecule has 0 aliphatic rings. The van der Waals surface area contributed by atoms with E-state index in [1.807, 2.05) is 0 Å². The summed E-state index contributed by atoms with van der Waals surface area (Å²) in [5, 5.41) is 0. The van der Waals surface area contributed by atoms with E-state index < -0.39 is 0 Å². The van der Waals surface area contributed by atoms with E-state index >= 15 is 0 Å². The second-order valence-electron chi connectivity index (χ2n) is 6.14. The molecular formula is C19H38. The number of unbranched alkanes of at least 4 members (excludes halogenated alkanes) is 8. The molecule has 0 spiro atoms. The van der Waals surface area contributed by atoms with Gasteiger partial charge in [0.25, 0.3) is 0 Å². The zero-order valence-corrected chi connectivity index (χ0v) is 13.8. The summed E-state index contributed by atoms with van der Waals surface area (Å²) in [7, 11) is 0. The molecule has 0 saturated carbocycles. The maximum atomic E-state index is 3.87. The smallest absolute Gasteiger partial charge is 0.0351 e. The van der Waals surface area contributed by atoms with E-state index in [4.69, 9.17) is 0 Å². The highest BCUT2D eigenvalue weighted by Gasteiger charge is 2.07. The van der Waals surface area contributed by atoms with Crippen molar-refractivity contribution in [1.29, 1.82) is 0 Å². The number of hydrogen-bond donors (Lipinski definition) is 0. The van der Waals surface area contributed by atoms with Crippen LogP contribution in [-0.2, 0) is 0 Å². The second-order valence-corrected chi connectivity index (χ2v) is 6.14. The van der Waals surface area contributed by atoms with Gasteiger partial charge in [-0.25, -0.2) is 0 Å². The van der Waals surface area contributed by atoms with Gasteiger partial charge in [-0.05, 0) is 18.8 Å². The molecule has 0 aromatic carbocycles. The van der Waals surface area contributed by atoms with Crippen molar-refractivity contribution in [3.63, 3.8) is 0 Å². The molecule has 0 aliphatic heterocycles. The molecule has 0 amide bonds. The first-order valence-electron chi connectivity index (χ1n) is 8.96. The molecule has 0 N–H and O–H groups in total. The van der Waals surface area contributed by atoms with E-state index in [2.05, 4.69) is 26.5 Å². The Balaban J connectivity index is 3.57. The number of rotatable bonds is 15. The van der Waals surface area contributed by atoms with Crippen LogP contribution in [0, 0.1) is 5.92 Å². The minimum Gasteiger partial charge on any atom is -0.103 e. The van der Waals surface area contributed by atoms with Crippen LogP contribution in [0.15, 0.2) is 12.7 Å². The van der Waals surface area contributed by atoms with E-state index in [-0.39, 0.29) is 0 Å². The Hall–Kier alpha value is -0.260. The van der Waals surface area contributed by atoms with E-state index in [9.17, 15) is 0 Å². The van der Waals surface area contributed by atoms with Crippen molar-refractivity contribution in [3.8, 4) is 0 Å². The van der Waals surface area contributed by atoms with Crippen LogP contribution in [0.4, 0.5) is 0 Å². The zero-order valence-electron chi connectivity index (χ0n) is 13.8. The number of hydrogen-bond acceptors (Lipinski definition) is 0. The van der Waals surface area contributed by atoms with E-state index in [0.717, 1.165) is 5.92 Å². The van der Waals surface area contributed by atoms with Gasteiger partial charge >= 0.3 is 0 Å². The molecule has 1 atom stereocenters. The first kappa shape index (κ1) is 18.7. The first-order chi connectivity index (χ1) is 9.35. The van der Waals surface area contributed by atoms with Crippen molar-refractivity contribution in [1.82, 2.24) is 0 Å². The van der Waals surface area contributed by atoms with Crippen LogP contribution in [0.2, 0.25) is 0 Å². The van der Waals surface area contributed by atoms with Crippen molar-refractivity contribution < 1.29 is 0 Å². The second kappa shape index (κ2) is 15.8. The fourth-order valence-corrected chi connectivity index (χ4v) is 2.86. The van der Waals surface area contributed by atoms with Gasteiger partial charge in [0, 0.05) is 0 Å². The van der Waals surface area contributed by atoms with Crippen molar-refractivity contribution in [3.05, 3.63) is 12.7 Å². The van der Waals surface area contributed by atoms with Gasteiger partial charge in [-0.1, -0.05) is 97.0 Å². The summed E-state index contributed by atoms with van der Waals surface area (Å²) in [4.78, 5) is 0. The Labute approximate surface area is 123 Å². The lowest BCUT2D eigenvalue weighted by atomic mass is 9.90. The van der Waals surface area contributed by atoms with Gasteiger partial charge in [-0.15, -0.1) is 6.58 Å². The Kier molecular flexibility index (Phi) is 15.6. The summed E-state index contributed by atoms with van der Waals surface area (Å²) in [5.41, 5.74) is 0. The molecule has 0 saturated heterocycles. The van der Waals surface area contributed by atoms with Gasteiger partial charge in [0.1, 0.15) is 0 Å². The summed E-state index contributed by atoms with van der Waals surface area (Å²) >= 11 is 0. The highest BCUT2D eigenvalue weighted by Crippen LogP contribution is 2.23. The molecular weight excluding hydrogens is 228 g/mol. The van der Waals surface area contributed by atoms with Crippen molar-refractivity contribution in [2.75, 3.05) is 0 Å². The first-order valence-corrected chi connectivity index (χ1v) is 8.96. The summed E-state index contributed by atoms with van der Waals surface area (Å²) in [6, 6.07) is 0. The third-order valence-electron chi connectivity index (χ3n) is 4.21. The molecule has 0 fully saturated rings. The van der Waals surface area contributed by atoms with E-state index in [0.29, 0.717) is 0 Å². The maximum Gasteiger partial charge on any atom is -0.0351 e. The highest BCUT2D eigenvalue weighted by atomic mass is 14.1. The molecule has 0 heteroatoms. The van der Waals surface area contributed by atoms with Gasteiger partial charge in [0.15, 0.2) is 0 Å². The van der Waals surface area contributed by atoms with E-state index in [1.165, 1.54) is 89.9 Å². The Morgan fingerprint density at radius 1 is 0.684 bits per heavy atom.